The zero-order chi connectivity index (χ0) is 19.6. The van der Waals surface area contributed by atoms with E-state index in [-0.39, 0.29) is 5.91 Å². The molecular weight excluding hydrogens is 368 g/mol. The topological polar surface area (TPSA) is 89.0 Å². The highest BCUT2D eigenvalue weighted by molar-refractivity contribution is 7.17. The number of carbonyl (C=O) groups excluding carboxylic acids is 1. The molecule has 1 saturated heterocycles. The maximum atomic E-state index is 13.0. The summed E-state index contributed by atoms with van der Waals surface area (Å²) in [6.45, 7) is 2.23. The molecule has 0 spiro atoms. The van der Waals surface area contributed by atoms with Crippen LogP contribution in [0, 0.1) is 6.92 Å². The molecule has 1 amide bonds. The summed E-state index contributed by atoms with van der Waals surface area (Å²) < 4.78 is 10.6. The number of aliphatic carboxylic acids is 1. The molecule has 144 valence electrons. The van der Waals surface area contributed by atoms with Crippen molar-refractivity contribution < 1.29 is 24.2 Å². The summed E-state index contributed by atoms with van der Waals surface area (Å²) in [5.74, 6) is -0.0182. The van der Waals surface area contributed by atoms with Gasteiger partial charge in [-0.25, -0.2) is 9.78 Å². The van der Waals surface area contributed by atoms with Gasteiger partial charge in [-0.15, -0.1) is 11.3 Å². The SMILES string of the molecule is COc1ccc(-c2nc(C)c(C(=O)N3CCCC[C@@H]3C(=O)O)s2)cc1OC. The number of benzene rings is 1. The first-order chi connectivity index (χ1) is 13.0. The second kappa shape index (κ2) is 7.96. The number of nitrogens with zero attached hydrogens (tertiary/aromatic N) is 2. The maximum absolute atomic E-state index is 13.0. The Labute approximate surface area is 161 Å². The predicted molar refractivity (Wildman–Crippen MR) is 102 cm³/mol. The summed E-state index contributed by atoms with van der Waals surface area (Å²) in [4.78, 5) is 31.0. The average molecular weight is 390 g/mol. The highest BCUT2D eigenvalue weighted by Crippen LogP contribution is 2.35. The van der Waals surface area contributed by atoms with E-state index in [9.17, 15) is 14.7 Å². The number of hydrogen-bond donors (Lipinski definition) is 1. The van der Waals surface area contributed by atoms with Gasteiger partial charge in [-0.1, -0.05) is 0 Å². The fourth-order valence-corrected chi connectivity index (χ4v) is 4.27. The molecule has 0 radical (unpaired) electrons. The van der Waals surface area contributed by atoms with Crippen LogP contribution in [-0.2, 0) is 4.79 Å². The Balaban J connectivity index is 1.92. The Morgan fingerprint density at radius 1 is 1.22 bits per heavy atom. The number of aryl methyl sites for hydroxylation is 1. The highest BCUT2D eigenvalue weighted by atomic mass is 32.1. The minimum Gasteiger partial charge on any atom is -0.493 e. The van der Waals surface area contributed by atoms with E-state index in [0.717, 1.165) is 18.4 Å². The fraction of sp³-hybridized carbons (Fsp3) is 0.421. The lowest BCUT2D eigenvalue weighted by molar-refractivity contribution is -0.143. The van der Waals surface area contributed by atoms with Crippen LogP contribution in [0.3, 0.4) is 0 Å². The minimum atomic E-state index is -0.953. The molecule has 0 saturated carbocycles. The van der Waals surface area contributed by atoms with Crippen molar-refractivity contribution in [3.63, 3.8) is 0 Å². The minimum absolute atomic E-state index is 0.260. The Morgan fingerprint density at radius 3 is 2.63 bits per heavy atom. The predicted octanol–water partition coefficient (Wildman–Crippen LogP) is 3.22. The fourth-order valence-electron chi connectivity index (χ4n) is 3.25. The van der Waals surface area contributed by atoms with E-state index in [1.54, 1.807) is 27.2 Å². The number of methoxy groups -OCH3 is 2. The molecule has 2 aromatic rings. The van der Waals surface area contributed by atoms with Crippen molar-refractivity contribution in [2.24, 2.45) is 0 Å². The van der Waals surface area contributed by atoms with Crippen LogP contribution in [0.25, 0.3) is 10.6 Å². The number of hydrogen-bond acceptors (Lipinski definition) is 6. The second-order valence-corrected chi connectivity index (χ2v) is 7.35. The molecule has 0 bridgehead atoms. The molecular formula is C19H22N2O5S. The Bertz CT molecular complexity index is 864. The first-order valence-electron chi connectivity index (χ1n) is 8.70. The first-order valence-corrected chi connectivity index (χ1v) is 9.51. The van der Waals surface area contributed by atoms with E-state index in [2.05, 4.69) is 4.98 Å². The standard InChI is InChI=1S/C19H22N2O5S/c1-11-16(18(22)21-9-5-4-6-13(21)19(23)24)27-17(20-11)12-7-8-14(25-2)15(10-12)26-3/h7-8,10,13H,4-6,9H2,1-3H3,(H,23,24)/t13-/m1/s1. The molecule has 1 fully saturated rings. The average Bonchev–Trinajstić information content (AvgIpc) is 3.08. The van der Waals surface area contributed by atoms with Crippen LogP contribution < -0.4 is 9.47 Å². The van der Waals surface area contributed by atoms with Gasteiger partial charge in [0, 0.05) is 12.1 Å². The van der Waals surface area contributed by atoms with Gasteiger partial charge in [0.25, 0.3) is 5.91 Å². The van der Waals surface area contributed by atoms with Crippen molar-refractivity contribution in [1.29, 1.82) is 0 Å². The number of amides is 1. The van der Waals surface area contributed by atoms with Crippen LogP contribution in [0.2, 0.25) is 0 Å². The molecule has 1 N–H and O–H groups in total. The van der Waals surface area contributed by atoms with Crippen molar-refractivity contribution >= 4 is 23.2 Å². The van der Waals surface area contributed by atoms with Crippen LogP contribution in [0.4, 0.5) is 0 Å². The van der Waals surface area contributed by atoms with Gasteiger partial charge < -0.3 is 19.5 Å². The summed E-state index contributed by atoms with van der Waals surface area (Å²) in [6.07, 6.45) is 2.12. The summed E-state index contributed by atoms with van der Waals surface area (Å²) in [6, 6.07) is 4.69. The second-order valence-electron chi connectivity index (χ2n) is 6.35. The van der Waals surface area contributed by atoms with Crippen molar-refractivity contribution in [2.75, 3.05) is 20.8 Å². The van der Waals surface area contributed by atoms with Gasteiger partial charge in [-0.3, -0.25) is 4.79 Å². The summed E-state index contributed by atoms with van der Waals surface area (Å²) in [7, 11) is 3.13. The molecule has 0 aliphatic carbocycles. The monoisotopic (exact) mass is 390 g/mol. The maximum Gasteiger partial charge on any atom is 0.326 e. The smallest absolute Gasteiger partial charge is 0.326 e. The van der Waals surface area contributed by atoms with Crippen molar-refractivity contribution in [2.45, 2.75) is 32.2 Å². The van der Waals surface area contributed by atoms with Crippen molar-refractivity contribution in [3.05, 3.63) is 28.8 Å². The van der Waals surface area contributed by atoms with Gasteiger partial charge in [-0.05, 0) is 44.4 Å². The van der Waals surface area contributed by atoms with Gasteiger partial charge in [0.1, 0.15) is 15.9 Å². The van der Waals surface area contributed by atoms with Crippen LogP contribution in [0.5, 0.6) is 11.5 Å². The van der Waals surface area contributed by atoms with Crippen LogP contribution in [0.15, 0.2) is 18.2 Å². The van der Waals surface area contributed by atoms with E-state index in [1.807, 2.05) is 12.1 Å². The zero-order valence-corrected chi connectivity index (χ0v) is 16.3. The van der Waals surface area contributed by atoms with E-state index in [1.165, 1.54) is 16.2 Å². The quantitative estimate of drug-likeness (QED) is 0.843. The summed E-state index contributed by atoms with van der Waals surface area (Å²) in [5, 5.41) is 10.1. The van der Waals surface area contributed by atoms with Gasteiger partial charge in [-0.2, -0.15) is 0 Å². The molecule has 8 heteroatoms. The number of carboxylic acids is 1. The summed E-state index contributed by atoms with van der Waals surface area (Å²) in [5.41, 5.74) is 1.41. The van der Waals surface area contributed by atoms with E-state index >= 15 is 0 Å². The molecule has 1 aliphatic heterocycles. The van der Waals surface area contributed by atoms with Crippen LogP contribution in [0.1, 0.15) is 34.6 Å². The third-order valence-electron chi connectivity index (χ3n) is 4.67. The molecule has 3 rings (SSSR count). The Hall–Kier alpha value is -2.61. The normalized spacial score (nSPS) is 16.9. The molecule has 1 aromatic heterocycles. The molecule has 1 aliphatic rings. The number of carbonyl (C=O) groups is 2. The number of likely N-dealkylation sites (tertiary alicyclic amines) is 1. The molecule has 1 atom stereocenters. The Morgan fingerprint density at radius 2 is 1.96 bits per heavy atom. The number of ether oxygens (including phenoxy) is 2. The number of rotatable bonds is 5. The summed E-state index contributed by atoms with van der Waals surface area (Å²) >= 11 is 1.27. The van der Waals surface area contributed by atoms with Gasteiger partial charge >= 0.3 is 5.97 Å². The third-order valence-corrected chi connectivity index (χ3v) is 5.86. The molecule has 1 aromatic carbocycles. The molecule has 0 unspecified atom stereocenters. The lowest BCUT2D eigenvalue weighted by Crippen LogP contribution is -2.47. The van der Waals surface area contributed by atoms with E-state index in [4.69, 9.17) is 9.47 Å². The lowest BCUT2D eigenvalue weighted by atomic mass is 10.0. The van der Waals surface area contributed by atoms with Crippen molar-refractivity contribution in [3.8, 4) is 22.1 Å². The molecule has 27 heavy (non-hydrogen) atoms. The lowest BCUT2D eigenvalue weighted by Gasteiger charge is -2.32. The largest absolute Gasteiger partial charge is 0.493 e. The third kappa shape index (κ3) is 3.75. The molecule has 7 nitrogen and oxygen atoms in total. The number of piperidine rings is 1. The Kier molecular flexibility index (Phi) is 5.65. The van der Waals surface area contributed by atoms with E-state index in [0.29, 0.717) is 40.0 Å². The highest BCUT2D eigenvalue weighted by Gasteiger charge is 2.34. The zero-order valence-electron chi connectivity index (χ0n) is 15.5. The molecule has 2 heterocycles. The van der Waals surface area contributed by atoms with Crippen molar-refractivity contribution in [1.82, 2.24) is 9.88 Å². The number of thiazole rings is 1. The van der Waals surface area contributed by atoms with Gasteiger partial charge in [0.05, 0.1) is 19.9 Å². The first kappa shape index (κ1) is 19.2. The number of aromatic nitrogens is 1. The van der Waals surface area contributed by atoms with Gasteiger partial charge in [0.2, 0.25) is 0 Å². The van der Waals surface area contributed by atoms with Gasteiger partial charge in [0.15, 0.2) is 11.5 Å². The van der Waals surface area contributed by atoms with E-state index < -0.39 is 12.0 Å². The van der Waals surface area contributed by atoms with Crippen LogP contribution in [-0.4, -0.2) is 53.7 Å². The van der Waals surface area contributed by atoms with Crippen LogP contribution >= 0.6 is 11.3 Å². The number of carboxylic acid groups (broad SMARTS) is 1.